The van der Waals surface area contributed by atoms with Crippen molar-refractivity contribution >= 4 is 29.5 Å². The number of nitrogens with one attached hydrogen (secondary N) is 1. The van der Waals surface area contributed by atoms with Gasteiger partial charge in [-0.2, -0.15) is 0 Å². The Labute approximate surface area is 190 Å². The number of fused-ring (bicyclic) bond motifs is 5. The van der Waals surface area contributed by atoms with Crippen LogP contribution in [0.5, 0.6) is 0 Å². The van der Waals surface area contributed by atoms with Gasteiger partial charge in [-0.05, 0) is 43.6 Å². The van der Waals surface area contributed by atoms with E-state index in [0.717, 1.165) is 29.7 Å². The summed E-state index contributed by atoms with van der Waals surface area (Å²) in [5.74, 6) is -1.43. The summed E-state index contributed by atoms with van der Waals surface area (Å²) in [6.45, 7) is 1.12. The molecule has 1 aromatic heterocycles. The Morgan fingerprint density at radius 2 is 1.82 bits per heavy atom. The van der Waals surface area contributed by atoms with Crippen molar-refractivity contribution in [3.8, 4) is 0 Å². The monoisotopic (exact) mass is 451 g/mol. The highest BCUT2D eigenvalue weighted by Gasteiger charge is 2.62. The van der Waals surface area contributed by atoms with E-state index in [1.807, 2.05) is 30.3 Å². The van der Waals surface area contributed by atoms with Crippen LogP contribution in [0, 0.1) is 30.6 Å². The Kier molecular flexibility index (Phi) is 5.47. The number of amides is 3. The van der Waals surface area contributed by atoms with Crippen molar-refractivity contribution in [2.75, 3.05) is 11.9 Å². The first-order valence-corrected chi connectivity index (χ1v) is 11.2. The summed E-state index contributed by atoms with van der Waals surface area (Å²) in [6.07, 6.45) is 2.95. The van der Waals surface area contributed by atoms with E-state index in [2.05, 4.69) is 10.5 Å². The van der Waals surface area contributed by atoms with Gasteiger partial charge in [0.05, 0.1) is 11.8 Å². The molecule has 1 saturated heterocycles. The molecule has 2 aromatic rings. The summed E-state index contributed by atoms with van der Waals surface area (Å²) in [6, 6.07) is 9.58. The molecule has 1 aliphatic heterocycles. The van der Waals surface area contributed by atoms with Gasteiger partial charge in [-0.3, -0.25) is 19.3 Å². The number of carbonyl (C=O) groups excluding carboxylic acids is 4. The second kappa shape index (κ2) is 8.46. The van der Waals surface area contributed by atoms with Crippen molar-refractivity contribution in [1.82, 2.24) is 10.1 Å². The van der Waals surface area contributed by atoms with Gasteiger partial charge in [0.25, 0.3) is 5.91 Å². The van der Waals surface area contributed by atoms with Gasteiger partial charge in [0.15, 0.2) is 12.4 Å². The van der Waals surface area contributed by atoms with Crippen LogP contribution in [0.25, 0.3) is 0 Å². The molecule has 0 radical (unpaired) electrons. The summed E-state index contributed by atoms with van der Waals surface area (Å²) in [4.78, 5) is 53.0. The summed E-state index contributed by atoms with van der Waals surface area (Å²) < 4.78 is 10.2. The van der Waals surface area contributed by atoms with Crippen LogP contribution in [0.1, 0.15) is 30.6 Å². The SMILES string of the molecule is Cc1cc(NC(=O)COC(=O)[C@H](Cc2ccccc2)N2C(=O)[C@@H]3[C@H]4CC[C@@H](C4)[C@H]3C2=O)no1. The van der Waals surface area contributed by atoms with Crippen LogP contribution in [-0.4, -0.2) is 46.4 Å². The highest BCUT2D eigenvalue weighted by atomic mass is 16.5. The van der Waals surface area contributed by atoms with Crippen LogP contribution in [0.4, 0.5) is 5.82 Å². The highest BCUT2D eigenvalue weighted by molar-refractivity contribution is 6.08. The predicted octanol–water partition coefficient (Wildman–Crippen LogP) is 2.11. The lowest BCUT2D eigenvalue weighted by atomic mass is 9.81. The number of aromatic nitrogens is 1. The summed E-state index contributed by atoms with van der Waals surface area (Å²) in [7, 11) is 0. The topological polar surface area (TPSA) is 119 Å². The van der Waals surface area contributed by atoms with Gasteiger partial charge in [0.2, 0.25) is 11.8 Å². The molecule has 3 aliphatic rings. The number of aryl methyl sites for hydroxylation is 1. The van der Waals surface area contributed by atoms with E-state index in [-0.39, 0.29) is 47.7 Å². The molecule has 1 N–H and O–H groups in total. The van der Waals surface area contributed by atoms with E-state index in [0.29, 0.717) is 5.76 Å². The first-order valence-electron chi connectivity index (χ1n) is 11.2. The third-order valence-electron chi connectivity index (χ3n) is 7.06. The number of likely N-dealkylation sites (tertiary alicyclic amines) is 1. The van der Waals surface area contributed by atoms with Gasteiger partial charge >= 0.3 is 5.97 Å². The van der Waals surface area contributed by atoms with Crippen molar-refractivity contribution in [2.24, 2.45) is 23.7 Å². The number of hydrogen-bond donors (Lipinski definition) is 1. The predicted molar refractivity (Wildman–Crippen MR) is 114 cm³/mol. The van der Waals surface area contributed by atoms with Gasteiger partial charge in [-0.15, -0.1) is 0 Å². The van der Waals surface area contributed by atoms with Gasteiger partial charge in [-0.1, -0.05) is 35.5 Å². The number of hydrogen-bond acceptors (Lipinski definition) is 7. The first kappa shape index (κ1) is 21.4. The number of carbonyl (C=O) groups is 4. The molecule has 2 saturated carbocycles. The number of imide groups is 1. The number of benzene rings is 1. The van der Waals surface area contributed by atoms with E-state index in [1.165, 1.54) is 6.07 Å². The molecule has 3 amide bonds. The van der Waals surface area contributed by atoms with Gasteiger partial charge in [-0.25, -0.2) is 4.79 Å². The molecule has 2 heterocycles. The minimum Gasteiger partial charge on any atom is -0.454 e. The fourth-order valence-corrected chi connectivity index (χ4v) is 5.69. The zero-order valence-electron chi connectivity index (χ0n) is 18.2. The number of anilines is 1. The molecule has 5 rings (SSSR count). The quantitative estimate of drug-likeness (QED) is 0.506. The van der Waals surface area contributed by atoms with E-state index in [4.69, 9.17) is 9.26 Å². The van der Waals surface area contributed by atoms with Crippen molar-refractivity contribution in [3.63, 3.8) is 0 Å². The molecule has 0 unspecified atom stereocenters. The van der Waals surface area contributed by atoms with Gasteiger partial charge in [0.1, 0.15) is 11.8 Å². The minimum absolute atomic E-state index is 0.135. The van der Waals surface area contributed by atoms with Gasteiger partial charge < -0.3 is 14.6 Å². The Morgan fingerprint density at radius 1 is 1.15 bits per heavy atom. The standard InChI is InChI=1S/C24H25N3O6/c1-13-9-18(26-33-13)25-19(28)12-32-24(31)17(10-14-5-3-2-4-6-14)27-22(29)20-15-7-8-16(11-15)21(20)23(27)30/h2-6,9,15-17,20-21H,7-8,10-12H2,1H3,(H,25,26,28)/t15-,16-,17-,20+,21+/m0/s1. The number of rotatable bonds is 7. The molecule has 2 bridgehead atoms. The molecule has 3 fully saturated rings. The van der Waals surface area contributed by atoms with E-state index < -0.39 is 24.5 Å². The molecule has 9 heteroatoms. The second-order valence-electron chi connectivity index (χ2n) is 9.12. The van der Waals surface area contributed by atoms with Crippen molar-refractivity contribution < 1.29 is 28.4 Å². The van der Waals surface area contributed by atoms with Crippen LogP contribution in [0.15, 0.2) is 40.9 Å². The normalized spacial score (nSPS) is 26.4. The van der Waals surface area contributed by atoms with Crippen molar-refractivity contribution in [3.05, 3.63) is 47.7 Å². The molecule has 0 spiro atoms. The zero-order valence-corrected chi connectivity index (χ0v) is 18.2. The summed E-state index contributed by atoms with van der Waals surface area (Å²) in [5, 5.41) is 6.14. The molecular weight excluding hydrogens is 426 g/mol. The largest absolute Gasteiger partial charge is 0.454 e. The third kappa shape index (κ3) is 3.92. The maximum absolute atomic E-state index is 13.3. The molecule has 33 heavy (non-hydrogen) atoms. The van der Waals surface area contributed by atoms with E-state index in [1.54, 1.807) is 6.92 Å². The van der Waals surface area contributed by atoms with Crippen molar-refractivity contribution in [2.45, 2.75) is 38.6 Å². The Bertz CT molecular complexity index is 1070. The van der Waals surface area contributed by atoms with E-state index in [9.17, 15) is 19.2 Å². The lowest BCUT2D eigenvalue weighted by Gasteiger charge is -2.26. The summed E-state index contributed by atoms with van der Waals surface area (Å²) in [5.41, 5.74) is 0.794. The molecule has 9 nitrogen and oxygen atoms in total. The van der Waals surface area contributed by atoms with Crippen LogP contribution < -0.4 is 5.32 Å². The average molecular weight is 451 g/mol. The minimum atomic E-state index is -1.11. The fraction of sp³-hybridized carbons (Fsp3) is 0.458. The lowest BCUT2D eigenvalue weighted by molar-refractivity contribution is -0.160. The Morgan fingerprint density at radius 3 is 2.42 bits per heavy atom. The number of nitrogens with zero attached hydrogens (tertiary/aromatic N) is 2. The lowest BCUT2D eigenvalue weighted by Crippen LogP contribution is -2.48. The molecule has 2 aliphatic carbocycles. The van der Waals surface area contributed by atoms with Crippen LogP contribution >= 0.6 is 0 Å². The summed E-state index contributed by atoms with van der Waals surface area (Å²) >= 11 is 0. The average Bonchev–Trinajstić information content (AvgIpc) is 3.57. The van der Waals surface area contributed by atoms with Gasteiger partial charge in [0, 0.05) is 12.5 Å². The zero-order chi connectivity index (χ0) is 23.1. The second-order valence-corrected chi connectivity index (χ2v) is 9.12. The van der Waals surface area contributed by atoms with E-state index >= 15 is 0 Å². The van der Waals surface area contributed by atoms with Crippen molar-refractivity contribution in [1.29, 1.82) is 0 Å². The molecule has 5 atom stereocenters. The van der Waals surface area contributed by atoms with Crippen LogP contribution in [0.3, 0.4) is 0 Å². The Balaban J connectivity index is 1.32. The third-order valence-corrected chi connectivity index (χ3v) is 7.06. The molecule has 1 aromatic carbocycles. The first-order chi connectivity index (χ1) is 15.9. The molecular formula is C24H25N3O6. The smallest absolute Gasteiger partial charge is 0.330 e. The van der Waals surface area contributed by atoms with Crippen LogP contribution in [0.2, 0.25) is 0 Å². The number of esters is 1. The number of ether oxygens (including phenoxy) is 1. The maximum atomic E-state index is 13.3. The Hall–Kier alpha value is -3.49. The fourth-order valence-electron chi connectivity index (χ4n) is 5.69. The maximum Gasteiger partial charge on any atom is 0.330 e. The van der Waals surface area contributed by atoms with Crippen LogP contribution in [-0.2, 0) is 30.3 Å². The highest BCUT2D eigenvalue weighted by Crippen LogP contribution is 2.56. The molecule has 172 valence electrons.